The summed E-state index contributed by atoms with van der Waals surface area (Å²) in [5.74, 6) is 0.143. The van der Waals surface area contributed by atoms with Crippen LogP contribution < -0.4 is 10.1 Å². The van der Waals surface area contributed by atoms with Crippen LogP contribution in [0.4, 0.5) is 0 Å². The first-order valence-electron chi connectivity index (χ1n) is 12.0. The number of nitrogens with zero attached hydrogens (tertiary/aromatic N) is 3. The van der Waals surface area contributed by atoms with Gasteiger partial charge in [-0.15, -0.1) is 0 Å². The van der Waals surface area contributed by atoms with Gasteiger partial charge in [0, 0.05) is 22.7 Å². The Kier molecular flexibility index (Phi) is 7.41. The second kappa shape index (κ2) is 10.7. The average molecular weight is 487 g/mol. The molecular formula is C28H30N4O4. The zero-order chi connectivity index (χ0) is 25.8. The number of aliphatic hydroxyl groups is 1. The van der Waals surface area contributed by atoms with E-state index in [0.717, 1.165) is 28.0 Å². The van der Waals surface area contributed by atoms with Crippen LogP contribution in [0.15, 0.2) is 59.4 Å². The standard InChI is InChI=1S/C28H30N4O4/c1-17(2)36-26-10-9-22(13-23(26)14-29)28(34)31-24(11-19(4)33)12-20-5-7-21(8-6-20)25-15-30-27-18(3)16-35-32(25)27/h5-10,13,15-17,19,24,33H,11-12H2,1-4H3,(H,31,34). The topological polar surface area (TPSA) is 113 Å². The number of aryl methyl sites for hydroxylation is 1. The fourth-order valence-electron chi connectivity index (χ4n) is 4.17. The fraction of sp³-hybridized carbons (Fsp3) is 0.321. The molecule has 2 atom stereocenters. The molecule has 2 N–H and O–H groups in total. The molecule has 0 saturated heterocycles. The van der Waals surface area contributed by atoms with Crippen LogP contribution in [0.1, 0.15) is 54.2 Å². The molecule has 2 unspecified atom stereocenters. The van der Waals surface area contributed by atoms with E-state index in [1.165, 1.54) is 6.07 Å². The van der Waals surface area contributed by atoms with Crippen LogP contribution in [0.2, 0.25) is 0 Å². The van der Waals surface area contributed by atoms with Gasteiger partial charge in [-0.05, 0) is 64.3 Å². The molecule has 4 aromatic rings. The van der Waals surface area contributed by atoms with Crippen LogP contribution in [0.5, 0.6) is 5.75 Å². The zero-order valence-electron chi connectivity index (χ0n) is 20.9. The maximum Gasteiger partial charge on any atom is 0.251 e. The van der Waals surface area contributed by atoms with E-state index in [-0.39, 0.29) is 18.1 Å². The molecule has 0 fully saturated rings. The lowest BCUT2D eigenvalue weighted by Crippen LogP contribution is -2.38. The highest BCUT2D eigenvalue weighted by molar-refractivity contribution is 5.95. The molecule has 1 amide bonds. The van der Waals surface area contributed by atoms with E-state index in [4.69, 9.17) is 9.26 Å². The lowest BCUT2D eigenvalue weighted by molar-refractivity contribution is 0.0917. The number of aliphatic hydroxyl groups excluding tert-OH is 1. The predicted octanol–water partition coefficient (Wildman–Crippen LogP) is 4.67. The molecule has 4 rings (SSSR count). The lowest BCUT2D eigenvalue weighted by atomic mass is 9.99. The quantitative estimate of drug-likeness (QED) is 0.355. The van der Waals surface area contributed by atoms with Crippen molar-refractivity contribution in [3.8, 4) is 23.1 Å². The summed E-state index contributed by atoms with van der Waals surface area (Å²) in [6.45, 7) is 7.40. The number of hydrogen-bond donors (Lipinski definition) is 2. The van der Waals surface area contributed by atoms with Crippen molar-refractivity contribution in [1.29, 1.82) is 5.26 Å². The van der Waals surface area contributed by atoms with E-state index in [1.54, 1.807) is 36.1 Å². The number of ether oxygens (including phenoxy) is 1. The van der Waals surface area contributed by atoms with Crippen molar-refractivity contribution in [2.75, 3.05) is 0 Å². The lowest BCUT2D eigenvalue weighted by Gasteiger charge is -2.21. The van der Waals surface area contributed by atoms with E-state index in [1.807, 2.05) is 45.0 Å². The molecule has 0 radical (unpaired) electrons. The Morgan fingerprint density at radius 3 is 2.64 bits per heavy atom. The number of carbonyl (C=O) groups is 1. The zero-order valence-corrected chi connectivity index (χ0v) is 20.9. The summed E-state index contributed by atoms with van der Waals surface area (Å²) in [4.78, 5) is 17.4. The summed E-state index contributed by atoms with van der Waals surface area (Å²) in [5.41, 5.74) is 5.27. The summed E-state index contributed by atoms with van der Waals surface area (Å²) in [5, 5.41) is 22.5. The van der Waals surface area contributed by atoms with Gasteiger partial charge < -0.3 is 19.7 Å². The van der Waals surface area contributed by atoms with Crippen molar-refractivity contribution in [2.45, 2.75) is 58.8 Å². The van der Waals surface area contributed by atoms with E-state index >= 15 is 0 Å². The normalized spacial score (nSPS) is 12.9. The Bertz CT molecular complexity index is 1390. The number of hydrogen-bond acceptors (Lipinski definition) is 6. The van der Waals surface area contributed by atoms with Crippen molar-refractivity contribution in [2.24, 2.45) is 0 Å². The Labute approximate surface area is 210 Å². The third-order valence-electron chi connectivity index (χ3n) is 5.83. The van der Waals surface area contributed by atoms with Crippen molar-refractivity contribution in [3.63, 3.8) is 0 Å². The van der Waals surface area contributed by atoms with Gasteiger partial charge >= 0.3 is 0 Å². The smallest absolute Gasteiger partial charge is 0.251 e. The molecule has 0 aliphatic carbocycles. The molecule has 8 heteroatoms. The monoisotopic (exact) mass is 486 g/mol. The molecule has 186 valence electrons. The van der Waals surface area contributed by atoms with Gasteiger partial charge in [-0.3, -0.25) is 4.79 Å². The van der Waals surface area contributed by atoms with E-state index in [0.29, 0.717) is 29.7 Å². The number of nitriles is 1. The largest absolute Gasteiger partial charge is 0.490 e. The molecule has 0 bridgehead atoms. The minimum atomic E-state index is -0.590. The number of fused-ring (bicyclic) bond motifs is 1. The molecule has 0 spiro atoms. The first-order valence-corrected chi connectivity index (χ1v) is 12.0. The first-order chi connectivity index (χ1) is 17.2. The first kappa shape index (κ1) is 25.0. The van der Waals surface area contributed by atoms with Crippen molar-refractivity contribution < 1.29 is 19.2 Å². The minimum absolute atomic E-state index is 0.0817. The van der Waals surface area contributed by atoms with E-state index < -0.39 is 6.10 Å². The van der Waals surface area contributed by atoms with E-state index in [2.05, 4.69) is 16.4 Å². The van der Waals surface area contributed by atoms with Crippen molar-refractivity contribution in [1.82, 2.24) is 14.9 Å². The van der Waals surface area contributed by atoms with Gasteiger partial charge in [0.05, 0.1) is 24.0 Å². The maximum absolute atomic E-state index is 13.0. The van der Waals surface area contributed by atoms with Gasteiger partial charge in [0.2, 0.25) is 0 Å². The van der Waals surface area contributed by atoms with Gasteiger partial charge in [0.15, 0.2) is 5.65 Å². The molecular weight excluding hydrogens is 456 g/mol. The molecule has 2 heterocycles. The molecule has 36 heavy (non-hydrogen) atoms. The summed E-state index contributed by atoms with van der Waals surface area (Å²) in [6.07, 6.45) is 3.72. The Balaban J connectivity index is 1.49. The number of benzene rings is 2. The summed E-state index contributed by atoms with van der Waals surface area (Å²) < 4.78 is 12.9. The molecule has 2 aromatic carbocycles. The molecule has 0 saturated carbocycles. The van der Waals surface area contributed by atoms with Gasteiger partial charge in [0.25, 0.3) is 5.91 Å². The van der Waals surface area contributed by atoms with E-state index in [9.17, 15) is 15.2 Å². The molecule has 0 aliphatic heterocycles. The second-order valence-electron chi connectivity index (χ2n) is 9.31. The third kappa shape index (κ3) is 5.58. The molecule has 8 nitrogen and oxygen atoms in total. The fourth-order valence-corrected chi connectivity index (χ4v) is 4.17. The van der Waals surface area contributed by atoms with Crippen molar-refractivity contribution in [3.05, 3.63) is 77.2 Å². The Hall–Kier alpha value is -4.09. The number of carbonyl (C=O) groups excluding carboxylic acids is 1. The van der Waals surface area contributed by atoms with Gasteiger partial charge in [-0.2, -0.15) is 9.84 Å². The van der Waals surface area contributed by atoms with Gasteiger partial charge in [-0.25, -0.2) is 4.98 Å². The molecule has 0 aliphatic rings. The summed E-state index contributed by atoms with van der Waals surface area (Å²) in [7, 11) is 0. The minimum Gasteiger partial charge on any atom is -0.490 e. The Morgan fingerprint density at radius 2 is 1.97 bits per heavy atom. The summed E-state index contributed by atoms with van der Waals surface area (Å²) >= 11 is 0. The summed E-state index contributed by atoms with van der Waals surface area (Å²) in [6, 6.07) is 14.6. The highest BCUT2D eigenvalue weighted by atomic mass is 16.5. The maximum atomic E-state index is 13.0. The third-order valence-corrected chi connectivity index (χ3v) is 5.83. The highest BCUT2D eigenvalue weighted by Gasteiger charge is 2.19. The van der Waals surface area contributed by atoms with Crippen LogP contribution in [0, 0.1) is 18.3 Å². The number of rotatable bonds is 9. The van der Waals surface area contributed by atoms with Crippen LogP contribution in [-0.4, -0.2) is 38.8 Å². The average Bonchev–Trinajstić information content (AvgIpc) is 3.42. The van der Waals surface area contributed by atoms with Crippen LogP contribution in [0.25, 0.3) is 16.9 Å². The predicted molar refractivity (Wildman–Crippen MR) is 136 cm³/mol. The number of nitrogens with one attached hydrogen (secondary N) is 1. The van der Waals surface area contributed by atoms with Gasteiger partial charge in [-0.1, -0.05) is 24.3 Å². The SMILES string of the molecule is Cc1con2c(-c3ccc(CC(CC(C)O)NC(=O)c4ccc(OC(C)C)c(C#N)c4)cc3)cnc12. The van der Waals surface area contributed by atoms with Crippen LogP contribution >= 0.6 is 0 Å². The second-order valence-corrected chi connectivity index (χ2v) is 9.31. The number of aromatic nitrogens is 2. The van der Waals surface area contributed by atoms with Gasteiger partial charge in [0.1, 0.15) is 23.8 Å². The van der Waals surface area contributed by atoms with Crippen LogP contribution in [0.3, 0.4) is 0 Å². The van der Waals surface area contributed by atoms with Crippen molar-refractivity contribution >= 4 is 11.6 Å². The number of amides is 1. The highest BCUT2D eigenvalue weighted by Crippen LogP contribution is 2.24. The molecule has 2 aromatic heterocycles. The Morgan fingerprint density at radius 1 is 1.22 bits per heavy atom. The van der Waals surface area contributed by atoms with Crippen LogP contribution in [-0.2, 0) is 6.42 Å². The number of imidazole rings is 1.